The summed E-state index contributed by atoms with van der Waals surface area (Å²) in [6.45, 7) is 4.33. The second-order valence-electron chi connectivity index (χ2n) is 7.69. The average molecular weight is 345 g/mol. The van der Waals surface area contributed by atoms with E-state index in [0.29, 0.717) is 29.8 Å². The molecule has 0 radical (unpaired) electrons. The molecular formula is C20H25ClN2O. The molecular weight excluding hydrogens is 320 g/mol. The lowest BCUT2D eigenvalue weighted by atomic mass is 9.75. The maximum absolute atomic E-state index is 6.10. The third kappa shape index (κ3) is 2.68. The normalized spacial score (nSPS) is 30.2. The van der Waals surface area contributed by atoms with Gasteiger partial charge in [-0.15, -0.1) is 0 Å². The quantitative estimate of drug-likeness (QED) is 0.767. The van der Waals surface area contributed by atoms with Crippen molar-refractivity contribution in [2.45, 2.75) is 62.9 Å². The first kappa shape index (κ1) is 16.2. The summed E-state index contributed by atoms with van der Waals surface area (Å²) < 4.78 is 5.84. The summed E-state index contributed by atoms with van der Waals surface area (Å²) in [5.74, 6) is 2.30. The third-order valence-corrected chi connectivity index (χ3v) is 6.29. The van der Waals surface area contributed by atoms with E-state index in [0.717, 1.165) is 16.5 Å². The molecule has 0 aliphatic carbocycles. The van der Waals surface area contributed by atoms with Crippen LogP contribution >= 0.6 is 11.6 Å². The highest BCUT2D eigenvalue weighted by Crippen LogP contribution is 2.51. The molecule has 1 aromatic heterocycles. The Hall–Kier alpha value is -1.32. The van der Waals surface area contributed by atoms with Crippen molar-refractivity contribution < 1.29 is 4.52 Å². The summed E-state index contributed by atoms with van der Waals surface area (Å²) in [4.78, 5) is 2.56. The van der Waals surface area contributed by atoms with Gasteiger partial charge in [0.25, 0.3) is 0 Å². The number of likely N-dealkylation sites (N-methyl/N-ethyl adjacent to an activating group) is 1. The molecule has 2 fully saturated rings. The van der Waals surface area contributed by atoms with E-state index < -0.39 is 0 Å². The summed E-state index contributed by atoms with van der Waals surface area (Å²) >= 11 is 6.10. The summed E-state index contributed by atoms with van der Waals surface area (Å²) in [5.41, 5.74) is 2.43. The van der Waals surface area contributed by atoms with Gasteiger partial charge >= 0.3 is 0 Å². The molecule has 2 aliphatic heterocycles. The van der Waals surface area contributed by atoms with Crippen LogP contribution < -0.4 is 0 Å². The van der Waals surface area contributed by atoms with E-state index in [1.807, 2.05) is 12.1 Å². The Balaban J connectivity index is 1.74. The van der Waals surface area contributed by atoms with Crippen molar-refractivity contribution in [3.63, 3.8) is 0 Å². The van der Waals surface area contributed by atoms with Crippen LogP contribution in [0.15, 0.2) is 34.9 Å². The minimum absolute atomic E-state index is 0.370. The summed E-state index contributed by atoms with van der Waals surface area (Å²) in [5, 5.41) is 5.12. The van der Waals surface area contributed by atoms with Crippen LogP contribution in [0.3, 0.4) is 0 Å². The molecule has 3 nitrogen and oxygen atoms in total. The maximum Gasteiger partial charge on any atom is 0.142 e. The smallest absolute Gasteiger partial charge is 0.142 e. The van der Waals surface area contributed by atoms with E-state index in [4.69, 9.17) is 16.1 Å². The van der Waals surface area contributed by atoms with Gasteiger partial charge in [-0.2, -0.15) is 0 Å². The molecule has 3 heterocycles. The van der Waals surface area contributed by atoms with Gasteiger partial charge < -0.3 is 4.52 Å². The Kier molecular flexibility index (Phi) is 4.17. The summed E-state index contributed by atoms with van der Waals surface area (Å²) in [6, 6.07) is 11.8. The van der Waals surface area contributed by atoms with Crippen LogP contribution in [0.4, 0.5) is 0 Å². The number of benzene rings is 1. The molecule has 4 heteroatoms. The van der Waals surface area contributed by atoms with Gasteiger partial charge in [-0.05, 0) is 55.8 Å². The van der Waals surface area contributed by atoms with E-state index in [-0.39, 0.29) is 0 Å². The van der Waals surface area contributed by atoms with Crippen LogP contribution in [0.5, 0.6) is 0 Å². The first-order valence-electron chi connectivity index (χ1n) is 8.98. The first-order valence-corrected chi connectivity index (χ1v) is 9.36. The Morgan fingerprint density at radius 2 is 1.96 bits per heavy atom. The molecule has 0 amide bonds. The van der Waals surface area contributed by atoms with Crippen LogP contribution in [0, 0.1) is 0 Å². The number of nitrogens with zero attached hydrogens (tertiary/aromatic N) is 2. The molecule has 0 spiro atoms. The van der Waals surface area contributed by atoms with Gasteiger partial charge in [-0.3, -0.25) is 4.90 Å². The molecule has 1 aromatic carbocycles. The number of rotatable bonds is 3. The largest absolute Gasteiger partial charge is 0.361 e. The number of fused-ring (bicyclic) bond motifs is 2. The van der Waals surface area contributed by atoms with Crippen molar-refractivity contribution in [2.24, 2.45) is 0 Å². The van der Waals surface area contributed by atoms with Crippen molar-refractivity contribution in [3.05, 3.63) is 52.4 Å². The van der Waals surface area contributed by atoms with Crippen molar-refractivity contribution in [3.8, 4) is 0 Å². The number of hydrogen-bond acceptors (Lipinski definition) is 3. The minimum Gasteiger partial charge on any atom is -0.361 e. The molecule has 2 unspecified atom stereocenters. The fraction of sp³-hybridized carbons (Fsp3) is 0.550. The lowest BCUT2D eigenvalue weighted by Gasteiger charge is -2.42. The van der Waals surface area contributed by atoms with E-state index in [1.165, 1.54) is 24.8 Å². The van der Waals surface area contributed by atoms with Crippen molar-refractivity contribution >= 4 is 11.6 Å². The number of hydrogen-bond donors (Lipinski definition) is 0. The number of aromatic nitrogens is 1. The molecule has 128 valence electrons. The third-order valence-electron chi connectivity index (χ3n) is 6.03. The van der Waals surface area contributed by atoms with Crippen LogP contribution in [0.1, 0.15) is 67.9 Å². The van der Waals surface area contributed by atoms with Crippen molar-refractivity contribution in [1.29, 1.82) is 0 Å². The highest BCUT2D eigenvalue weighted by molar-refractivity contribution is 6.30. The van der Waals surface area contributed by atoms with Crippen molar-refractivity contribution in [1.82, 2.24) is 10.1 Å². The molecule has 0 N–H and O–H groups in total. The zero-order valence-corrected chi connectivity index (χ0v) is 15.3. The SMILES string of the molecule is CC(C)c1cc([C@H]2C(c3ccc(Cl)cc3)C[C@H]3CCC2N3C)on1. The van der Waals surface area contributed by atoms with E-state index in [9.17, 15) is 0 Å². The Bertz CT molecular complexity index is 709. The monoisotopic (exact) mass is 344 g/mol. The van der Waals surface area contributed by atoms with Gasteiger partial charge in [-0.1, -0.05) is 42.7 Å². The van der Waals surface area contributed by atoms with Gasteiger partial charge in [-0.25, -0.2) is 0 Å². The lowest BCUT2D eigenvalue weighted by molar-refractivity contribution is 0.122. The standard InChI is InChI=1S/C20H25ClN2O/c1-12(2)17-11-19(24-22-17)20-16(13-4-6-14(21)7-5-13)10-15-8-9-18(20)23(15)3/h4-7,11-12,15-16,18,20H,8-10H2,1-3H3/t15-,16?,18?,20+/m1/s1. The van der Waals surface area contributed by atoms with E-state index in [1.54, 1.807) is 0 Å². The first-order chi connectivity index (χ1) is 11.5. The molecule has 4 atom stereocenters. The average Bonchev–Trinajstić information content (AvgIpc) is 3.12. The van der Waals surface area contributed by atoms with Crippen LogP contribution in [0.2, 0.25) is 5.02 Å². The minimum atomic E-state index is 0.370. The Labute approximate surface area is 149 Å². The second-order valence-corrected chi connectivity index (χ2v) is 8.13. The summed E-state index contributed by atoms with van der Waals surface area (Å²) in [6.07, 6.45) is 3.71. The van der Waals surface area contributed by atoms with Gasteiger partial charge in [0.2, 0.25) is 0 Å². The molecule has 2 bridgehead atoms. The molecule has 2 aliphatic rings. The molecule has 2 saturated heterocycles. The van der Waals surface area contributed by atoms with Crippen LogP contribution in [0.25, 0.3) is 0 Å². The zero-order chi connectivity index (χ0) is 16.8. The predicted octanol–water partition coefficient (Wildman–Crippen LogP) is 5.19. The Morgan fingerprint density at radius 3 is 2.62 bits per heavy atom. The zero-order valence-electron chi connectivity index (χ0n) is 14.6. The van der Waals surface area contributed by atoms with Gasteiger partial charge in [0.1, 0.15) is 5.76 Å². The fourth-order valence-electron chi connectivity index (χ4n) is 4.64. The predicted molar refractivity (Wildman–Crippen MR) is 96.7 cm³/mol. The highest BCUT2D eigenvalue weighted by Gasteiger charge is 2.48. The molecule has 2 aromatic rings. The number of halogens is 1. The second kappa shape index (κ2) is 6.20. The topological polar surface area (TPSA) is 29.3 Å². The van der Waals surface area contributed by atoms with Gasteiger partial charge in [0.15, 0.2) is 0 Å². The summed E-state index contributed by atoms with van der Waals surface area (Å²) in [7, 11) is 2.27. The highest BCUT2D eigenvalue weighted by atomic mass is 35.5. The fourth-order valence-corrected chi connectivity index (χ4v) is 4.77. The van der Waals surface area contributed by atoms with Crippen molar-refractivity contribution in [2.75, 3.05) is 7.05 Å². The van der Waals surface area contributed by atoms with Gasteiger partial charge in [0, 0.05) is 29.1 Å². The van der Waals surface area contributed by atoms with Crippen LogP contribution in [-0.2, 0) is 0 Å². The molecule has 4 rings (SSSR count). The molecule has 24 heavy (non-hydrogen) atoms. The molecule has 0 saturated carbocycles. The number of piperidine rings is 1. The van der Waals surface area contributed by atoms with Crippen LogP contribution in [-0.4, -0.2) is 29.2 Å². The maximum atomic E-state index is 6.10. The van der Waals surface area contributed by atoms with Gasteiger partial charge in [0.05, 0.1) is 5.69 Å². The van der Waals surface area contributed by atoms with E-state index >= 15 is 0 Å². The van der Waals surface area contributed by atoms with E-state index in [2.05, 4.69) is 49.2 Å². The Morgan fingerprint density at radius 1 is 1.21 bits per heavy atom. The lowest BCUT2D eigenvalue weighted by Crippen LogP contribution is -2.44.